The minimum atomic E-state index is 0.407. The van der Waals surface area contributed by atoms with Crippen LogP contribution in [0.2, 0.25) is 0 Å². The van der Waals surface area contributed by atoms with Gasteiger partial charge in [-0.2, -0.15) is 0 Å². The highest BCUT2D eigenvalue weighted by molar-refractivity contribution is 5.80. The monoisotopic (exact) mass is 295 g/mol. The molecular weight excluding hydrogens is 266 g/mol. The fraction of sp³-hybridized carbons (Fsp3) is 0.938. The Morgan fingerprint density at radius 1 is 1.43 bits per heavy atom. The molecule has 0 bridgehead atoms. The van der Waals surface area contributed by atoms with Gasteiger partial charge in [0.25, 0.3) is 0 Å². The van der Waals surface area contributed by atoms with Crippen LogP contribution in [0.4, 0.5) is 0 Å². The Labute approximate surface area is 127 Å². The molecule has 2 saturated carbocycles. The summed E-state index contributed by atoms with van der Waals surface area (Å²) in [5.41, 5.74) is 0.407. The summed E-state index contributed by atoms with van der Waals surface area (Å²) in [6, 6.07) is 0.553. The van der Waals surface area contributed by atoms with Gasteiger partial charge in [-0.25, -0.2) is 0 Å². The summed E-state index contributed by atoms with van der Waals surface area (Å²) in [6.07, 6.45) is 6.70. The lowest BCUT2D eigenvalue weighted by molar-refractivity contribution is -0.171. The highest BCUT2D eigenvalue weighted by Crippen LogP contribution is 2.62. The van der Waals surface area contributed by atoms with Crippen molar-refractivity contribution in [2.24, 2.45) is 16.3 Å². The lowest BCUT2D eigenvalue weighted by Gasteiger charge is -2.63. The zero-order valence-corrected chi connectivity index (χ0v) is 13.4. The molecule has 0 aromatic rings. The van der Waals surface area contributed by atoms with Gasteiger partial charge < -0.3 is 20.1 Å². The molecule has 3 unspecified atom stereocenters. The first-order valence-electron chi connectivity index (χ1n) is 8.48. The highest BCUT2D eigenvalue weighted by atomic mass is 16.5. The van der Waals surface area contributed by atoms with E-state index < -0.39 is 0 Å². The highest BCUT2D eigenvalue weighted by Gasteiger charge is 2.66. The molecule has 0 amide bonds. The van der Waals surface area contributed by atoms with Crippen molar-refractivity contribution in [1.82, 2.24) is 10.6 Å². The van der Waals surface area contributed by atoms with Crippen LogP contribution >= 0.6 is 0 Å². The summed E-state index contributed by atoms with van der Waals surface area (Å²) in [6.45, 7) is 5.48. The Kier molecular flexibility index (Phi) is 4.69. The van der Waals surface area contributed by atoms with Crippen LogP contribution in [0.25, 0.3) is 0 Å². The molecule has 3 aliphatic rings. The number of hydrogen-bond acceptors (Lipinski definition) is 3. The second-order valence-corrected chi connectivity index (χ2v) is 6.50. The van der Waals surface area contributed by atoms with E-state index in [9.17, 15) is 0 Å². The maximum Gasteiger partial charge on any atom is 0.191 e. The van der Waals surface area contributed by atoms with Crippen molar-refractivity contribution in [3.05, 3.63) is 0 Å². The standard InChI is InChI=1S/C16H29N3O2/c1-3-20-10-5-9-18-15(17-2)19-13-12-6-11-21-14(12)16(13)7-4-8-16/h12-14H,3-11H2,1-2H3,(H2,17,18,19). The Morgan fingerprint density at radius 2 is 2.29 bits per heavy atom. The molecule has 0 radical (unpaired) electrons. The lowest BCUT2D eigenvalue weighted by atomic mass is 9.46. The average Bonchev–Trinajstić information content (AvgIpc) is 2.85. The van der Waals surface area contributed by atoms with Gasteiger partial charge in [-0.3, -0.25) is 4.99 Å². The number of nitrogens with one attached hydrogen (secondary N) is 2. The van der Waals surface area contributed by atoms with Gasteiger partial charge in [-0.15, -0.1) is 0 Å². The van der Waals surface area contributed by atoms with Crippen LogP contribution < -0.4 is 10.6 Å². The fourth-order valence-electron chi connectivity index (χ4n) is 4.32. The zero-order chi connectivity index (χ0) is 14.7. The second-order valence-electron chi connectivity index (χ2n) is 6.50. The quantitative estimate of drug-likeness (QED) is 0.443. The van der Waals surface area contributed by atoms with Crippen LogP contribution in [0.1, 0.15) is 39.0 Å². The van der Waals surface area contributed by atoms with E-state index in [0.717, 1.165) is 38.7 Å². The van der Waals surface area contributed by atoms with Gasteiger partial charge in [0.1, 0.15) is 0 Å². The van der Waals surface area contributed by atoms with E-state index in [1.54, 1.807) is 0 Å². The third kappa shape index (κ3) is 2.66. The average molecular weight is 295 g/mol. The number of aliphatic imine (C=N–C) groups is 1. The van der Waals surface area contributed by atoms with Gasteiger partial charge in [0.05, 0.1) is 6.10 Å². The molecule has 21 heavy (non-hydrogen) atoms. The molecule has 5 heteroatoms. The second kappa shape index (κ2) is 6.53. The van der Waals surface area contributed by atoms with Gasteiger partial charge in [-0.1, -0.05) is 6.42 Å². The minimum Gasteiger partial charge on any atom is -0.382 e. The summed E-state index contributed by atoms with van der Waals surface area (Å²) >= 11 is 0. The number of guanidine groups is 1. The molecule has 1 heterocycles. The Balaban J connectivity index is 1.48. The Morgan fingerprint density at radius 3 is 2.95 bits per heavy atom. The molecule has 1 spiro atoms. The molecule has 5 nitrogen and oxygen atoms in total. The predicted octanol–water partition coefficient (Wildman–Crippen LogP) is 1.54. The number of ether oxygens (including phenoxy) is 2. The maximum absolute atomic E-state index is 5.96. The van der Waals surface area contributed by atoms with E-state index >= 15 is 0 Å². The molecule has 120 valence electrons. The van der Waals surface area contributed by atoms with Gasteiger partial charge in [0, 0.05) is 50.8 Å². The molecule has 1 aliphatic heterocycles. The van der Waals surface area contributed by atoms with Crippen molar-refractivity contribution in [3.63, 3.8) is 0 Å². The first kappa shape index (κ1) is 15.1. The summed E-state index contributed by atoms with van der Waals surface area (Å²) in [4.78, 5) is 4.38. The zero-order valence-electron chi connectivity index (χ0n) is 13.4. The number of fused-ring (bicyclic) bond motifs is 2. The van der Waals surface area contributed by atoms with Crippen LogP contribution in [-0.2, 0) is 9.47 Å². The van der Waals surface area contributed by atoms with E-state index in [1.807, 2.05) is 14.0 Å². The minimum absolute atomic E-state index is 0.407. The lowest BCUT2D eigenvalue weighted by Crippen LogP contribution is -2.72. The molecule has 1 saturated heterocycles. The van der Waals surface area contributed by atoms with Crippen molar-refractivity contribution in [2.75, 3.05) is 33.4 Å². The number of rotatable bonds is 6. The van der Waals surface area contributed by atoms with E-state index in [1.165, 1.54) is 25.7 Å². The van der Waals surface area contributed by atoms with Gasteiger partial charge >= 0.3 is 0 Å². The molecular formula is C16H29N3O2. The topological polar surface area (TPSA) is 54.9 Å². The third-order valence-corrected chi connectivity index (χ3v) is 5.51. The first-order valence-corrected chi connectivity index (χ1v) is 8.48. The Bertz CT molecular complexity index is 382. The van der Waals surface area contributed by atoms with E-state index in [4.69, 9.17) is 9.47 Å². The summed E-state index contributed by atoms with van der Waals surface area (Å²) in [7, 11) is 1.85. The molecule has 2 N–H and O–H groups in total. The molecule has 0 aromatic carbocycles. The van der Waals surface area contributed by atoms with Crippen LogP contribution in [0.5, 0.6) is 0 Å². The van der Waals surface area contributed by atoms with Crippen molar-refractivity contribution in [2.45, 2.75) is 51.2 Å². The van der Waals surface area contributed by atoms with Gasteiger partial charge in [0.15, 0.2) is 5.96 Å². The van der Waals surface area contributed by atoms with Gasteiger partial charge in [-0.05, 0) is 32.6 Å². The van der Waals surface area contributed by atoms with Crippen LogP contribution in [-0.4, -0.2) is 51.5 Å². The molecule has 0 aromatic heterocycles. The SMILES string of the molecule is CCOCCCNC(=NC)NC1C2CCOC2C12CCC2. The summed E-state index contributed by atoms with van der Waals surface area (Å²) < 4.78 is 11.3. The largest absolute Gasteiger partial charge is 0.382 e. The van der Waals surface area contributed by atoms with Crippen molar-refractivity contribution in [1.29, 1.82) is 0 Å². The fourth-order valence-corrected chi connectivity index (χ4v) is 4.32. The summed E-state index contributed by atoms with van der Waals surface area (Å²) in [5, 5.41) is 7.09. The van der Waals surface area contributed by atoms with E-state index in [0.29, 0.717) is 23.5 Å². The van der Waals surface area contributed by atoms with E-state index in [-0.39, 0.29) is 0 Å². The first-order chi connectivity index (χ1) is 10.3. The van der Waals surface area contributed by atoms with Crippen molar-refractivity contribution >= 4 is 5.96 Å². The van der Waals surface area contributed by atoms with Crippen LogP contribution in [0, 0.1) is 11.3 Å². The smallest absolute Gasteiger partial charge is 0.191 e. The number of nitrogens with zero attached hydrogens (tertiary/aromatic N) is 1. The Hall–Kier alpha value is -0.810. The summed E-state index contributed by atoms with van der Waals surface area (Å²) in [5.74, 6) is 1.63. The molecule has 3 rings (SSSR count). The van der Waals surface area contributed by atoms with Gasteiger partial charge in [0.2, 0.25) is 0 Å². The predicted molar refractivity (Wildman–Crippen MR) is 83.5 cm³/mol. The third-order valence-electron chi connectivity index (χ3n) is 5.51. The van der Waals surface area contributed by atoms with Crippen LogP contribution in [0.15, 0.2) is 4.99 Å². The maximum atomic E-state index is 5.96. The number of hydrogen-bond donors (Lipinski definition) is 2. The molecule has 3 fully saturated rings. The molecule has 3 atom stereocenters. The van der Waals surface area contributed by atoms with Crippen molar-refractivity contribution < 1.29 is 9.47 Å². The van der Waals surface area contributed by atoms with Crippen LogP contribution in [0.3, 0.4) is 0 Å². The van der Waals surface area contributed by atoms with Crippen molar-refractivity contribution in [3.8, 4) is 0 Å². The normalized spacial score (nSPS) is 33.2. The van der Waals surface area contributed by atoms with E-state index in [2.05, 4.69) is 15.6 Å². The molecule has 2 aliphatic carbocycles.